The van der Waals surface area contributed by atoms with Gasteiger partial charge in [-0.3, -0.25) is 9.59 Å². The van der Waals surface area contributed by atoms with Crippen LogP contribution in [-0.2, 0) is 26.7 Å². The van der Waals surface area contributed by atoms with Crippen molar-refractivity contribution in [3.8, 4) is 0 Å². The van der Waals surface area contributed by atoms with Crippen LogP contribution in [0.5, 0.6) is 0 Å². The first kappa shape index (κ1) is 25.0. The molecule has 4 aliphatic carbocycles. The fraction of sp³-hybridized carbons (Fsp3) is 0.267. The zero-order chi connectivity index (χ0) is 23.3. The van der Waals surface area contributed by atoms with E-state index in [4.69, 9.17) is 0 Å². The first-order valence-electron chi connectivity index (χ1n) is 12.2. The normalized spacial score (nSPS) is 20.6. The van der Waals surface area contributed by atoms with Crippen LogP contribution in [0.25, 0.3) is 23.3 Å². The van der Waals surface area contributed by atoms with Crippen molar-refractivity contribution >= 4 is 34.9 Å². The van der Waals surface area contributed by atoms with E-state index in [0.29, 0.717) is 12.1 Å². The minimum absolute atomic E-state index is 0. The summed E-state index contributed by atoms with van der Waals surface area (Å²) in [7, 11) is 0. The van der Waals surface area contributed by atoms with Gasteiger partial charge in [-0.1, -0.05) is 60.7 Å². The molecule has 2 N–H and O–H groups in total. The molecule has 0 aromatic heterocycles. The van der Waals surface area contributed by atoms with Crippen LogP contribution in [0.3, 0.4) is 0 Å². The van der Waals surface area contributed by atoms with Crippen molar-refractivity contribution in [3.05, 3.63) is 95.3 Å². The predicted molar refractivity (Wildman–Crippen MR) is 138 cm³/mol. The second kappa shape index (κ2) is 11.5. The first-order valence-corrected chi connectivity index (χ1v) is 12.2. The van der Waals surface area contributed by atoms with Gasteiger partial charge in [0.1, 0.15) is 0 Å². The number of carbonyl (C=O) groups excluding carboxylic acids is 2. The summed E-state index contributed by atoms with van der Waals surface area (Å²) in [5, 5.41) is 6.69. The minimum Gasteiger partial charge on any atom is -0.388 e. The van der Waals surface area contributed by atoms with E-state index in [1.807, 2.05) is 73.1 Å². The summed E-state index contributed by atoms with van der Waals surface area (Å²) >= 11 is 0. The van der Waals surface area contributed by atoms with Crippen LogP contribution in [0.2, 0.25) is 0 Å². The van der Waals surface area contributed by atoms with Crippen LogP contribution < -0.4 is 10.6 Å². The van der Waals surface area contributed by atoms with Crippen LogP contribution >= 0.6 is 0 Å². The van der Waals surface area contributed by atoms with Crippen LogP contribution in [0.1, 0.15) is 60.8 Å². The van der Waals surface area contributed by atoms with Gasteiger partial charge in [0.25, 0.3) is 0 Å². The largest absolute Gasteiger partial charge is 0.388 e. The van der Waals surface area contributed by atoms with Gasteiger partial charge in [-0.25, -0.2) is 0 Å². The molecule has 0 aliphatic heterocycles. The summed E-state index contributed by atoms with van der Waals surface area (Å²) < 4.78 is 0. The molecule has 0 bridgehead atoms. The molecular formula is C30H30CuN2O2. The Morgan fingerprint density at radius 3 is 1.37 bits per heavy atom. The number of nitrogens with one attached hydrogen (secondary N) is 2. The first-order chi connectivity index (χ1) is 16.7. The molecule has 4 nitrogen and oxygen atoms in total. The maximum Gasteiger partial charge on any atom is 0.187 e. The Labute approximate surface area is 217 Å². The van der Waals surface area contributed by atoms with Crippen molar-refractivity contribution in [2.24, 2.45) is 0 Å². The second-order valence-corrected chi connectivity index (χ2v) is 9.27. The molecule has 0 atom stereocenters. The van der Waals surface area contributed by atoms with Crippen molar-refractivity contribution in [1.82, 2.24) is 10.6 Å². The van der Waals surface area contributed by atoms with Crippen LogP contribution in [0.4, 0.5) is 0 Å². The van der Waals surface area contributed by atoms with Gasteiger partial charge in [0, 0.05) is 52.7 Å². The molecule has 0 saturated heterocycles. The molecule has 0 heterocycles. The fourth-order valence-corrected chi connectivity index (χ4v) is 4.40. The number of fused-ring (bicyclic) bond motifs is 2. The van der Waals surface area contributed by atoms with Gasteiger partial charge in [-0.05, 0) is 72.9 Å². The van der Waals surface area contributed by atoms with Crippen LogP contribution in [0.15, 0.2) is 73.1 Å². The molecule has 2 aromatic carbocycles. The molecule has 1 radical (unpaired) electrons. The Morgan fingerprint density at radius 2 is 1.00 bits per heavy atom. The standard InChI is InChI=1S/2C15H15NO.Cu/c2*17-15-9-8-11-4-1-2-7-13(11)14(15)10-16-12-5-3-6-12;/h2*1-2,4,7-10,12,16H,3,5-6H2;. The monoisotopic (exact) mass is 513 g/mol. The Kier molecular flexibility index (Phi) is 8.22. The summed E-state index contributed by atoms with van der Waals surface area (Å²) in [4.78, 5) is 23.8. The fourth-order valence-electron chi connectivity index (χ4n) is 4.40. The molecule has 2 fully saturated rings. The third-order valence-corrected chi connectivity index (χ3v) is 7.00. The van der Waals surface area contributed by atoms with Gasteiger partial charge >= 0.3 is 0 Å². The number of hydrogen-bond donors (Lipinski definition) is 2. The van der Waals surface area contributed by atoms with Gasteiger partial charge in [-0.15, -0.1) is 0 Å². The Bertz CT molecular complexity index is 1120. The molecule has 183 valence electrons. The van der Waals surface area contributed by atoms with E-state index in [2.05, 4.69) is 10.6 Å². The quantitative estimate of drug-likeness (QED) is 0.417. The number of ketones is 2. The molecule has 0 amide bonds. The smallest absolute Gasteiger partial charge is 0.187 e. The molecule has 0 spiro atoms. The van der Waals surface area contributed by atoms with Crippen molar-refractivity contribution in [2.45, 2.75) is 50.6 Å². The van der Waals surface area contributed by atoms with Gasteiger partial charge in [-0.2, -0.15) is 0 Å². The van der Waals surface area contributed by atoms with E-state index in [-0.39, 0.29) is 28.6 Å². The molecule has 2 saturated carbocycles. The van der Waals surface area contributed by atoms with E-state index >= 15 is 0 Å². The predicted octanol–water partition coefficient (Wildman–Crippen LogP) is 5.53. The molecule has 6 rings (SSSR count). The topological polar surface area (TPSA) is 58.2 Å². The van der Waals surface area contributed by atoms with E-state index in [1.165, 1.54) is 38.5 Å². The molecule has 2 aromatic rings. The summed E-state index contributed by atoms with van der Waals surface area (Å²) in [5.41, 5.74) is 5.88. The molecule has 5 heteroatoms. The van der Waals surface area contributed by atoms with Gasteiger partial charge in [0.15, 0.2) is 11.6 Å². The summed E-state index contributed by atoms with van der Waals surface area (Å²) in [6.45, 7) is 0. The van der Waals surface area contributed by atoms with Crippen molar-refractivity contribution in [2.75, 3.05) is 0 Å². The Balaban J connectivity index is 0.000000160. The molecule has 35 heavy (non-hydrogen) atoms. The number of allylic oxidation sites excluding steroid dienone is 4. The van der Waals surface area contributed by atoms with Gasteiger partial charge < -0.3 is 10.6 Å². The van der Waals surface area contributed by atoms with E-state index in [0.717, 1.165) is 33.4 Å². The third-order valence-electron chi connectivity index (χ3n) is 7.00. The van der Waals surface area contributed by atoms with Gasteiger partial charge in [0.05, 0.1) is 0 Å². The SMILES string of the molecule is O=C1C=Cc2ccccc2C1=CNC1CCC1.O=C1C=Cc2ccccc2C1=CNC1CCC1.[Cu]. The number of rotatable bonds is 4. The van der Waals surface area contributed by atoms with E-state index in [9.17, 15) is 9.59 Å². The van der Waals surface area contributed by atoms with Crippen LogP contribution in [-0.4, -0.2) is 23.7 Å². The summed E-state index contributed by atoms with van der Waals surface area (Å²) in [5.74, 6) is 0.186. The van der Waals surface area contributed by atoms with E-state index < -0.39 is 0 Å². The van der Waals surface area contributed by atoms with Crippen molar-refractivity contribution in [1.29, 1.82) is 0 Å². The van der Waals surface area contributed by atoms with Gasteiger partial charge in [0.2, 0.25) is 0 Å². The molecule has 0 unspecified atom stereocenters. The maximum atomic E-state index is 11.9. The number of benzene rings is 2. The third kappa shape index (κ3) is 5.75. The zero-order valence-electron chi connectivity index (χ0n) is 19.6. The molecular weight excluding hydrogens is 484 g/mol. The summed E-state index contributed by atoms with van der Waals surface area (Å²) in [6.07, 6.45) is 18.3. The average Bonchev–Trinajstić information content (AvgIpc) is 2.80. The Hall–Kier alpha value is -3.14. The maximum absolute atomic E-state index is 11.9. The zero-order valence-corrected chi connectivity index (χ0v) is 20.5. The van der Waals surface area contributed by atoms with Crippen LogP contribution in [0, 0.1) is 0 Å². The van der Waals surface area contributed by atoms with Crippen molar-refractivity contribution in [3.63, 3.8) is 0 Å². The second-order valence-electron chi connectivity index (χ2n) is 9.27. The minimum atomic E-state index is 0. The molecule has 4 aliphatic rings. The average molecular weight is 514 g/mol. The Morgan fingerprint density at radius 1 is 0.600 bits per heavy atom. The number of hydrogen-bond acceptors (Lipinski definition) is 4. The van der Waals surface area contributed by atoms with E-state index in [1.54, 1.807) is 12.2 Å². The van der Waals surface area contributed by atoms with Crippen molar-refractivity contribution < 1.29 is 26.7 Å². The number of carbonyl (C=O) groups is 2. The summed E-state index contributed by atoms with van der Waals surface area (Å²) in [6, 6.07) is 17.2.